The van der Waals surface area contributed by atoms with Crippen LogP contribution in [0, 0.1) is 0 Å². The Bertz CT molecular complexity index is 573. The van der Waals surface area contributed by atoms with E-state index in [1.807, 2.05) is 32.0 Å². The fraction of sp³-hybridized carbons (Fsp3) is 0.571. The highest BCUT2D eigenvalue weighted by atomic mass is 32.2. The zero-order valence-corrected chi connectivity index (χ0v) is 12.5. The summed E-state index contributed by atoms with van der Waals surface area (Å²) in [7, 11) is -3.25. The van der Waals surface area contributed by atoms with Crippen LogP contribution >= 0.6 is 0 Å². The van der Waals surface area contributed by atoms with Gasteiger partial charge in [0.25, 0.3) is 0 Å². The molecule has 0 amide bonds. The number of para-hydroxylation sites is 1. The summed E-state index contributed by atoms with van der Waals surface area (Å²) in [5.41, 5.74) is 2.78. The molecule has 2 rings (SSSR count). The minimum atomic E-state index is -3.25. The molecular formula is C14H21NO2S. The number of hydrogen-bond donors (Lipinski definition) is 0. The maximum atomic E-state index is 12.1. The first-order valence-corrected chi connectivity index (χ1v) is 8.11. The van der Waals surface area contributed by atoms with Crippen molar-refractivity contribution in [3.05, 3.63) is 29.3 Å². The van der Waals surface area contributed by atoms with Gasteiger partial charge in [-0.15, -0.1) is 0 Å². The van der Waals surface area contributed by atoms with Gasteiger partial charge in [0.15, 0.2) is 0 Å². The molecule has 0 N–H and O–H groups in total. The summed E-state index contributed by atoms with van der Waals surface area (Å²) < 4.78 is 25.8. The Kier molecular flexibility index (Phi) is 2.97. The van der Waals surface area contributed by atoms with Crippen molar-refractivity contribution in [3.8, 4) is 0 Å². The molecule has 1 aliphatic rings. The molecule has 0 aromatic heterocycles. The molecular weight excluding hydrogens is 246 g/mol. The SMILES string of the molecule is CC(C)c1cccc2c1N(S(C)(=O)=O)C(C)(C)C2. The average Bonchev–Trinajstić information content (AvgIpc) is 2.45. The average molecular weight is 267 g/mol. The first-order chi connectivity index (χ1) is 8.14. The minimum Gasteiger partial charge on any atom is -0.264 e. The van der Waals surface area contributed by atoms with E-state index < -0.39 is 10.0 Å². The van der Waals surface area contributed by atoms with Crippen LogP contribution in [0.2, 0.25) is 0 Å². The number of sulfonamides is 1. The zero-order valence-electron chi connectivity index (χ0n) is 11.7. The van der Waals surface area contributed by atoms with Crippen LogP contribution in [0.3, 0.4) is 0 Å². The summed E-state index contributed by atoms with van der Waals surface area (Å²) in [6.07, 6.45) is 2.07. The van der Waals surface area contributed by atoms with Gasteiger partial charge in [0.1, 0.15) is 0 Å². The van der Waals surface area contributed by atoms with Gasteiger partial charge in [-0.3, -0.25) is 4.31 Å². The van der Waals surface area contributed by atoms with Crippen LogP contribution in [-0.2, 0) is 16.4 Å². The molecule has 0 atom stereocenters. The molecule has 1 aliphatic heterocycles. The first kappa shape index (κ1) is 13.4. The lowest BCUT2D eigenvalue weighted by molar-refractivity contribution is 0.523. The third-order valence-corrected chi connectivity index (χ3v) is 4.82. The Hall–Kier alpha value is -1.03. The Morgan fingerprint density at radius 2 is 1.89 bits per heavy atom. The highest BCUT2D eigenvalue weighted by Gasteiger charge is 2.42. The molecule has 0 radical (unpaired) electrons. The van der Waals surface area contributed by atoms with Gasteiger partial charge in [-0.25, -0.2) is 8.42 Å². The van der Waals surface area contributed by atoms with E-state index in [9.17, 15) is 8.42 Å². The van der Waals surface area contributed by atoms with Crippen LogP contribution in [0.15, 0.2) is 18.2 Å². The lowest BCUT2D eigenvalue weighted by atomic mass is 9.97. The molecule has 100 valence electrons. The van der Waals surface area contributed by atoms with Crippen LogP contribution < -0.4 is 4.31 Å². The van der Waals surface area contributed by atoms with Gasteiger partial charge in [-0.1, -0.05) is 32.0 Å². The van der Waals surface area contributed by atoms with Gasteiger partial charge >= 0.3 is 0 Å². The molecule has 0 fully saturated rings. The molecule has 0 saturated carbocycles. The van der Waals surface area contributed by atoms with E-state index >= 15 is 0 Å². The summed E-state index contributed by atoms with van der Waals surface area (Å²) in [5, 5.41) is 0. The second-order valence-corrected chi connectivity index (χ2v) is 7.86. The van der Waals surface area contributed by atoms with Crippen LogP contribution in [0.1, 0.15) is 44.7 Å². The summed E-state index contributed by atoms with van der Waals surface area (Å²) in [6, 6.07) is 6.09. The molecule has 1 aromatic rings. The van der Waals surface area contributed by atoms with E-state index in [1.54, 1.807) is 4.31 Å². The number of anilines is 1. The van der Waals surface area contributed by atoms with Crippen molar-refractivity contribution in [3.63, 3.8) is 0 Å². The van der Waals surface area contributed by atoms with Gasteiger partial charge in [0.2, 0.25) is 10.0 Å². The van der Waals surface area contributed by atoms with Gasteiger partial charge < -0.3 is 0 Å². The van der Waals surface area contributed by atoms with Crippen LogP contribution in [0.4, 0.5) is 5.69 Å². The van der Waals surface area contributed by atoms with E-state index in [0.717, 1.165) is 23.2 Å². The highest BCUT2D eigenvalue weighted by molar-refractivity contribution is 7.92. The molecule has 18 heavy (non-hydrogen) atoms. The maximum absolute atomic E-state index is 12.1. The number of nitrogens with zero attached hydrogens (tertiary/aromatic N) is 1. The predicted octanol–water partition coefficient (Wildman–Crippen LogP) is 2.91. The van der Waals surface area contributed by atoms with Crippen LogP contribution in [-0.4, -0.2) is 20.2 Å². The van der Waals surface area contributed by atoms with E-state index in [4.69, 9.17) is 0 Å². The Balaban J connectivity index is 2.72. The molecule has 0 saturated heterocycles. The molecule has 4 heteroatoms. The standard InChI is InChI=1S/C14H21NO2S/c1-10(2)12-8-6-7-11-9-14(3,4)15(13(11)12)18(5,16)17/h6-8,10H,9H2,1-5H3. The monoisotopic (exact) mass is 267 g/mol. The van der Waals surface area contributed by atoms with Crippen molar-refractivity contribution in [2.75, 3.05) is 10.6 Å². The van der Waals surface area contributed by atoms with Crippen molar-refractivity contribution in [1.29, 1.82) is 0 Å². The van der Waals surface area contributed by atoms with Crippen LogP contribution in [0.25, 0.3) is 0 Å². The van der Waals surface area contributed by atoms with Gasteiger partial charge in [-0.05, 0) is 37.3 Å². The fourth-order valence-corrected chi connectivity index (χ4v) is 4.44. The smallest absolute Gasteiger partial charge is 0.232 e. The summed E-state index contributed by atoms with van der Waals surface area (Å²) in [4.78, 5) is 0. The molecule has 0 aliphatic carbocycles. The fourth-order valence-electron chi connectivity index (χ4n) is 2.92. The van der Waals surface area contributed by atoms with Crippen molar-refractivity contribution < 1.29 is 8.42 Å². The van der Waals surface area contributed by atoms with Crippen molar-refractivity contribution in [2.45, 2.75) is 45.6 Å². The van der Waals surface area contributed by atoms with E-state index in [0.29, 0.717) is 5.92 Å². The zero-order chi connectivity index (χ0) is 13.7. The third-order valence-electron chi connectivity index (χ3n) is 3.48. The highest BCUT2D eigenvalue weighted by Crippen LogP contribution is 2.44. The second-order valence-electron chi connectivity index (χ2n) is 6.03. The lowest BCUT2D eigenvalue weighted by Gasteiger charge is -2.33. The molecule has 1 aromatic carbocycles. The summed E-state index contributed by atoms with van der Waals surface area (Å²) in [6.45, 7) is 8.17. The minimum absolute atomic E-state index is 0.318. The number of benzene rings is 1. The first-order valence-electron chi connectivity index (χ1n) is 6.27. The van der Waals surface area contributed by atoms with Crippen molar-refractivity contribution in [1.82, 2.24) is 0 Å². The molecule has 1 heterocycles. The summed E-state index contributed by atoms with van der Waals surface area (Å²) in [5.74, 6) is 0.318. The topological polar surface area (TPSA) is 37.4 Å². The van der Waals surface area contributed by atoms with Gasteiger partial charge in [-0.2, -0.15) is 0 Å². The third kappa shape index (κ3) is 2.03. The molecule has 0 unspecified atom stereocenters. The van der Waals surface area contributed by atoms with E-state index in [2.05, 4.69) is 13.8 Å². The largest absolute Gasteiger partial charge is 0.264 e. The summed E-state index contributed by atoms with van der Waals surface area (Å²) >= 11 is 0. The Morgan fingerprint density at radius 3 is 2.39 bits per heavy atom. The maximum Gasteiger partial charge on any atom is 0.232 e. The normalized spacial score (nSPS) is 18.2. The number of rotatable bonds is 2. The van der Waals surface area contributed by atoms with Crippen LogP contribution in [0.5, 0.6) is 0 Å². The lowest BCUT2D eigenvalue weighted by Crippen LogP contribution is -2.45. The molecule has 0 bridgehead atoms. The van der Waals surface area contributed by atoms with E-state index in [1.165, 1.54) is 6.26 Å². The van der Waals surface area contributed by atoms with Crippen molar-refractivity contribution >= 4 is 15.7 Å². The van der Waals surface area contributed by atoms with E-state index in [-0.39, 0.29) is 5.54 Å². The molecule has 3 nitrogen and oxygen atoms in total. The number of hydrogen-bond acceptors (Lipinski definition) is 2. The van der Waals surface area contributed by atoms with Crippen molar-refractivity contribution in [2.24, 2.45) is 0 Å². The predicted molar refractivity (Wildman–Crippen MR) is 75.6 cm³/mol. The number of fused-ring (bicyclic) bond motifs is 1. The second kappa shape index (κ2) is 3.98. The quantitative estimate of drug-likeness (QED) is 0.826. The molecule has 0 spiro atoms. The Morgan fingerprint density at radius 1 is 1.28 bits per heavy atom. The van der Waals surface area contributed by atoms with Gasteiger partial charge in [0, 0.05) is 0 Å². The van der Waals surface area contributed by atoms with Gasteiger partial charge in [0.05, 0.1) is 17.5 Å². The Labute approximate surface area is 110 Å².